The van der Waals surface area contributed by atoms with Crippen LogP contribution in [0.15, 0.2) is 22.8 Å². The van der Waals surface area contributed by atoms with E-state index in [4.69, 9.17) is 16.0 Å². The molecule has 0 bridgehead atoms. The normalized spacial score (nSPS) is 10.9. The molecule has 0 radical (unpaired) electrons. The summed E-state index contributed by atoms with van der Waals surface area (Å²) in [5.74, 6) is 0.979. The third-order valence-corrected chi connectivity index (χ3v) is 3.54. The zero-order valence-electron chi connectivity index (χ0n) is 11.1. The highest BCUT2D eigenvalue weighted by atomic mass is 35.5. The highest BCUT2D eigenvalue weighted by Gasteiger charge is 2.16. The van der Waals surface area contributed by atoms with Crippen LogP contribution < -0.4 is 0 Å². The molecule has 0 N–H and O–H groups in total. The van der Waals surface area contributed by atoms with Crippen LogP contribution in [0.5, 0.6) is 0 Å². The smallest absolute Gasteiger partial charge is 0.139 e. The van der Waals surface area contributed by atoms with Crippen molar-refractivity contribution in [1.82, 2.24) is 9.78 Å². The molecule has 4 nitrogen and oxygen atoms in total. The van der Waals surface area contributed by atoms with E-state index in [0.29, 0.717) is 30.8 Å². The van der Waals surface area contributed by atoms with Gasteiger partial charge in [-0.05, 0) is 26.0 Å². The number of halogens is 1. The number of furan rings is 1. The summed E-state index contributed by atoms with van der Waals surface area (Å²) in [6.07, 6.45) is 3.03. The van der Waals surface area contributed by atoms with E-state index in [-0.39, 0.29) is 5.78 Å². The number of nitrogens with zero attached hydrogens (tertiary/aromatic N) is 2. The van der Waals surface area contributed by atoms with Crippen LogP contribution in [0.4, 0.5) is 0 Å². The molecule has 2 aromatic heterocycles. The number of carbonyl (C=O) groups excluding carboxylic acids is 1. The van der Waals surface area contributed by atoms with Crippen molar-refractivity contribution in [3.8, 4) is 0 Å². The molecule has 0 aliphatic heterocycles. The van der Waals surface area contributed by atoms with E-state index in [2.05, 4.69) is 5.10 Å². The van der Waals surface area contributed by atoms with Crippen LogP contribution in [0.3, 0.4) is 0 Å². The average molecular weight is 281 g/mol. The Balaban J connectivity index is 1.98. The van der Waals surface area contributed by atoms with Crippen LogP contribution in [-0.4, -0.2) is 15.6 Å². The quantitative estimate of drug-likeness (QED) is 0.816. The fraction of sp³-hybridized carbons (Fsp3) is 0.429. The number of carbonyl (C=O) groups is 1. The Morgan fingerprint density at radius 3 is 2.95 bits per heavy atom. The second-order valence-electron chi connectivity index (χ2n) is 4.46. The van der Waals surface area contributed by atoms with Gasteiger partial charge in [0.2, 0.25) is 0 Å². The van der Waals surface area contributed by atoms with Crippen molar-refractivity contribution in [1.29, 1.82) is 0 Å². The molecule has 0 saturated heterocycles. The molecule has 0 aliphatic rings. The first-order valence-electron chi connectivity index (χ1n) is 6.37. The standard InChI is InChI=1S/C14H17ClN2O2/c1-3-17-13(14(15)10(2)16-17)9-11(18)6-7-12-5-4-8-19-12/h4-5,8H,3,6-7,9H2,1-2H3. The van der Waals surface area contributed by atoms with E-state index in [1.165, 1.54) is 0 Å². The third-order valence-electron chi connectivity index (χ3n) is 3.05. The third kappa shape index (κ3) is 3.26. The average Bonchev–Trinajstić information content (AvgIpc) is 3.00. The molecule has 19 heavy (non-hydrogen) atoms. The molecule has 0 aliphatic carbocycles. The highest BCUT2D eigenvalue weighted by Crippen LogP contribution is 2.21. The minimum absolute atomic E-state index is 0.146. The van der Waals surface area contributed by atoms with Crippen molar-refractivity contribution < 1.29 is 9.21 Å². The maximum atomic E-state index is 12.0. The Bertz CT molecular complexity index is 558. The molecular weight excluding hydrogens is 264 g/mol. The molecular formula is C14H17ClN2O2. The summed E-state index contributed by atoms with van der Waals surface area (Å²) in [6, 6.07) is 3.70. The maximum absolute atomic E-state index is 12.0. The van der Waals surface area contributed by atoms with Gasteiger partial charge in [-0.25, -0.2) is 0 Å². The molecule has 0 amide bonds. The van der Waals surface area contributed by atoms with E-state index in [9.17, 15) is 4.79 Å². The second-order valence-corrected chi connectivity index (χ2v) is 4.83. The van der Waals surface area contributed by atoms with Crippen molar-refractivity contribution in [3.63, 3.8) is 0 Å². The van der Waals surface area contributed by atoms with Crippen LogP contribution in [-0.2, 0) is 24.2 Å². The van der Waals surface area contributed by atoms with E-state index in [1.807, 2.05) is 26.0 Å². The predicted molar refractivity (Wildman–Crippen MR) is 73.4 cm³/mol. The Hall–Kier alpha value is -1.55. The van der Waals surface area contributed by atoms with Gasteiger partial charge in [0.25, 0.3) is 0 Å². The lowest BCUT2D eigenvalue weighted by molar-refractivity contribution is -0.118. The minimum atomic E-state index is 0.146. The fourth-order valence-corrected chi connectivity index (χ4v) is 2.23. The van der Waals surface area contributed by atoms with Crippen molar-refractivity contribution in [2.24, 2.45) is 0 Å². The van der Waals surface area contributed by atoms with Crippen molar-refractivity contribution >= 4 is 17.4 Å². The number of Topliss-reactive ketones (excluding diaryl/α,β-unsaturated/α-hetero) is 1. The lowest BCUT2D eigenvalue weighted by Gasteiger charge is -2.04. The van der Waals surface area contributed by atoms with Crippen molar-refractivity contribution in [2.45, 2.75) is 39.7 Å². The van der Waals surface area contributed by atoms with Crippen LogP contribution in [0.25, 0.3) is 0 Å². The van der Waals surface area contributed by atoms with Gasteiger partial charge >= 0.3 is 0 Å². The molecule has 2 aromatic rings. The number of aromatic nitrogens is 2. The SMILES string of the molecule is CCn1nc(C)c(Cl)c1CC(=O)CCc1ccco1. The predicted octanol–water partition coefficient (Wildman–Crippen LogP) is 3.20. The topological polar surface area (TPSA) is 48.0 Å². The second kappa shape index (κ2) is 6.06. The van der Waals surface area contributed by atoms with Crippen LogP contribution >= 0.6 is 11.6 Å². The first-order valence-corrected chi connectivity index (χ1v) is 6.75. The maximum Gasteiger partial charge on any atom is 0.139 e. The van der Waals surface area contributed by atoms with E-state index < -0.39 is 0 Å². The van der Waals surface area contributed by atoms with Gasteiger partial charge in [0.1, 0.15) is 11.5 Å². The molecule has 0 aromatic carbocycles. The van der Waals surface area contributed by atoms with Crippen LogP contribution in [0.2, 0.25) is 5.02 Å². The first kappa shape index (κ1) is 13.9. The van der Waals surface area contributed by atoms with Gasteiger partial charge in [-0.15, -0.1) is 0 Å². The zero-order valence-corrected chi connectivity index (χ0v) is 11.9. The fourth-order valence-electron chi connectivity index (χ4n) is 2.03. The molecule has 0 spiro atoms. The van der Waals surface area contributed by atoms with Gasteiger partial charge in [0.05, 0.1) is 22.7 Å². The lowest BCUT2D eigenvalue weighted by atomic mass is 10.1. The van der Waals surface area contributed by atoms with Gasteiger partial charge in [-0.2, -0.15) is 5.10 Å². The highest BCUT2D eigenvalue weighted by molar-refractivity contribution is 6.32. The van der Waals surface area contributed by atoms with Gasteiger partial charge in [-0.3, -0.25) is 9.48 Å². The summed E-state index contributed by atoms with van der Waals surface area (Å²) >= 11 is 6.18. The lowest BCUT2D eigenvalue weighted by Crippen LogP contribution is -2.10. The number of hydrogen-bond acceptors (Lipinski definition) is 3. The molecule has 5 heteroatoms. The zero-order chi connectivity index (χ0) is 13.8. The summed E-state index contributed by atoms with van der Waals surface area (Å²) in [4.78, 5) is 12.0. The Morgan fingerprint density at radius 1 is 1.53 bits per heavy atom. The van der Waals surface area contributed by atoms with Gasteiger partial charge in [0, 0.05) is 25.8 Å². The number of ketones is 1. The molecule has 0 unspecified atom stereocenters. The van der Waals surface area contributed by atoms with Crippen LogP contribution in [0, 0.1) is 6.92 Å². The molecule has 2 heterocycles. The summed E-state index contributed by atoms with van der Waals surface area (Å²) in [6.45, 7) is 4.55. The van der Waals surface area contributed by atoms with Crippen molar-refractivity contribution in [3.05, 3.63) is 40.6 Å². The molecule has 102 valence electrons. The van der Waals surface area contributed by atoms with Gasteiger partial charge in [0.15, 0.2) is 0 Å². The number of rotatable bonds is 6. The van der Waals surface area contributed by atoms with Crippen LogP contribution in [0.1, 0.15) is 30.5 Å². The largest absolute Gasteiger partial charge is 0.469 e. The summed E-state index contributed by atoms with van der Waals surface area (Å²) in [7, 11) is 0. The molecule has 0 fully saturated rings. The Morgan fingerprint density at radius 2 is 2.32 bits per heavy atom. The molecule has 0 atom stereocenters. The molecule has 2 rings (SSSR count). The molecule has 0 saturated carbocycles. The number of hydrogen-bond donors (Lipinski definition) is 0. The van der Waals surface area contributed by atoms with Gasteiger partial charge < -0.3 is 4.42 Å². The minimum Gasteiger partial charge on any atom is -0.469 e. The van der Waals surface area contributed by atoms with Gasteiger partial charge in [-0.1, -0.05) is 11.6 Å². The Kier molecular flexibility index (Phi) is 4.43. The summed E-state index contributed by atoms with van der Waals surface area (Å²) in [5.41, 5.74) is 1.59. The van der Waals surface area contributed by atoms with E-state index >= 15 is 0 Å². The summed E-state index contributed by atoms with van der Waals surface area (Å²) < 4.78 is 7.01. The van der Waals surface area contributed by atoms with E-state index in [0.717, 1.165) is 17.1 Å². The number of aryl methyl sites for hydroxylation is 3. The summed E-state index contributed by atoms with van der Waals surface area (Å²) in [5, 5.41) is 4.91. The Labute approximate surface area is 117 Å². The van der Waals surface area contributed by atoms with E-state index in [1.54, 1.807) is 10.9 Å². The first-order chi connectivity index (χ1) is 9.11. The van der Waals surface area contributed by atoms with Crippen molar-refractivity contribution in [2.75, 3.05) is 0 Å². The monoisotopic (exact) mass is 280 g/mol.